The lowest BCUT2D eigenvalue weighted by Gasteiger charge is -2.30. The van der Waals surface area contributed by atoms with E-state index in [0.29, 0.717) is 18.8 Å². The molecule has 5 heteroatoms. The highest BCUT2D eigenvalue weighted by Gasteiger charge is 2.25. The van der Waals surface area contributed by atoms with Crippen LogP contribution in [0.25, 0.3) is 0 Å². The zero-order chi connectivity index (χ0) is 11.0. The van der Waals surface area contributed by atoms with Crippen LogP contribution in [0.4, 0.5) is 0 Å². The van der Waals surface area contributed by atoms with Crippen molar-refractivity contribution in [2.45, 2.75) is 26.4 Å². The van der Waals surface area contributed by atoms with E-state index < -0.39 is 0 Å². The number of hydrogen-bond acceptors (Lipinski definition) is 3. The van der Waals surface area contributed by atoms with Crippen LogP contribution in [0.2, 0.25) is 0 Å². The minimum absolute atomic E-state index is 0.0140. The summed E-state index contributed by atoms with van der Waals surface area (Å²) >= 11 is 0. The van der Waals surface area contributed by atoms with Crippen LogP contribution in [0, 0.1) is 0 Å². The summed E-state index contributed by atoms with van der Waals surface area (Å²) in [4.78, 5) is 27.8. The van der Waals surface area contributed by atoms with Gasteiger partial charge in [0.05, 0.1) is 18.8 Å². The van der Waals surface area contributed by atoms with Crippen LogP contribution in [0.1, 0.15) is 36.2 Å². The van der Waals surface area contributed by atoms with Crippen molar-refractivity contribution in [1.82, 2.24) is 14.5 Å². The summed E-state index contributed by atoms with van der Waals surface area (Å²) in [7, 11) is 0. The molecular formula is C10H13N3O2. The van der Waals surface area contributed by atoms with Crippen LogP contribution in [-0.4, -0.2) is 33.2 Å². The molecule has 1 aliphatic rings. The van der Waals surface area contributed by atoms with Gasteiger partial charge in [0.1, 0.15) is 11.5 Å². The van der Waals surface area contributed by atoms with Gasteiger partial charge in [-0.3, -0.25) is 9.59 Å². The number of ketones is 1. The number of carbonyl (C=O) groups is 2. The highest BCUT2D eigenvalue weighted by molar-refractivity contribution is 5.92. The van der Waals surface area contributed by atoms with Gasteiger partial charge in [-0.2, -0.15) is 0 Å². The molecular weight excluding hydrogens is 194 g/mol. The van der Waals surface area contributed by atoms with Crippen molar-refractivity contribution in [3.63, 3.8) is 0 Å². The van der Waals surface area contributed by atoms with Gasteiger partial charge in [-0.1, -0.05) is 0 Å². The zero-order valence-electron chi connectivity index (χ0n) is 8.80. The Balaban J connectivity index is 2.43. The second kappa shape index (κ2) is 3.49. The number of nitrogens with zero attached hydrogens (tertiary/aromatic N) is 3. The van der Waals surface area contributed by atoms with Crippen molar-refractivity contribution in [2.24, 2.45) is 0 Å². The molecule has 1 aromatic rings. The molecule has 2 heterocycles. The maximum absolute atomic E-state index is 11.3. The maximum Gasteiger partial charge on any atom is 0.210 e. The van der Waals surface area contributed by atoms with E-state index in [1.54, 1.807) is 11.1 Å². The van der Waals surface area contributed by atoms with Gasteiger partial charge in [0, 0.05) is 13.5 Å². The van der Waals surface area contributed by atoms with Crippen LogP contribution >= 0.6 is 0 Å². The average molecular weight is 207 g/mol. The van der Waals surface area contributed by atoms with Gasteiger partial charge in [0.2, 0.25) is 6.41 Å². The third-order valence-electron chi connectivity index (χ3n) is 2.67. The summed E-state index contributed by atoms with van der Waals surface area (Å²) in [5.74, 6) is 0.797. The van der Waals surface area contributed by atoms with Crippen molar-refractivity contribution >= 4 is 12.2 Å². The molecule has 1 unspecified atom stereocenters. The zero-order valence-corrected chi connectivity index (χ0v) is 8.80. The molecule has 1 aromatic heterocycles. The molecule has 0 radical (unpaired) electrons. The first-order valence-corrected chi connectivity index (χ1v) is 4.90. The number of aromatic nitrogens is 2. The first-order valence-electron chi connectivity index (χ1n) is 4.90. The van der Waals surface area contributed by atoms with Crippen LogP contribution in [0.3, 0.4) is 0 Å². The SMILES string of the molecule is CC(=O)c1cnc2n1C(C)CN(C=O)C2. The van der Waals surface area contributed by atoms with Crippen LogP contribution in [-0.2, 0) is 11.3 Å². The van der Waals surface area contributed by atoms with Gasteiger partial charge < -0.3 is 9.47 Å². The lowest BCUT2D eigenvalue weighted by atomic mass is 10.2. The van der Waals surface area contributed by atoms with Gasteiger partial charge in [-0.25, -0.2) is 4.98 Å². The molecule has 5 nitrogen and oxygen atoms in total. The second-order valence-corrected chi connectivity index (χ2v) is 3.87. The fourth-order valence-electron chi connectivity index (χ4n) is 2.02. The van der Waals surface area contributed by atoms with Gasteiger partial charge in [0.25, 0.3) is 0 Å². The van der Waals surface area contributed by atoms with Gasteiger partial charge in [0.15, 0.2) is 5.78 Å². The molecule has 1 atom stereocenters. The smallest absolute Gasteiger partial charge is 0.210 e. The topological polar surface area (TPSA) is 55.2 Å². The summed E-state index contributed by atoms with van der Waals surface area (Å²) in [5, 5.41) is 0. The van der Waals surface area contributed by atoms with E-state index in [2.05, 4.69) is 4.98 Å². The first-order chi connectivity index (χ1) is 7.13. The summed E-state index contributed by atoms with van der Waals surface area (Å²) in [6.07, 6.45) is 2.41. The van der Waals surface area contributed by atoms with E-state index in [1.807, 2.05) is 11.5 Å². The summed E-state index contributed by atoms with van der Waals surface area (Å²) < 4.78 is 1.92. The van der Waals surface area contributed by atoms with E-state index in [4.69, 9.17) is 0 Å². The number of Topliss-reactive ketones (excluding diaryl/α,β-unsaturated/α-hetero) is 1. The number of hydrogen-bond donors (Lipinski definition) is 0. The molecule has 0 bridgehead atoms. The van der Waals surface area contributed by atoms with Crippen molar-refractivity contribution in [3.05, 3.63) is 17.7 Å². The fraction of sp³-hybridized carbons (Fsp3) is 0.500. The van der Waals surface area contributed by atoms with Crippen molar-refractivity contribution in [1.29, 1.82) is 0 Å². The van der Waals surface area contributed by atoms with E-state index in [0.717, 1.165) is 12.2 Å². The highest BCUT2D eigenvalue weighted by atomic mass is 16.1. The molecule has 15 heavy (non-hydrogen) atoms. The Bertz CT molecular complexity index is 411. The summed E-state index contributed by atoms with van der Waals surface area (Å²) in [6, 6.07) is 0.111. The number of fused-ring (bicyclic) bond motifs is 1. The molecule has 1 amide bonds. The molecule has 0 fully saturated rings. The Kier molecular flexibility index (Phi) is 2.30. The molecule has 0 saturated carbocycles. The Labute approximate surface area is 87.7 Å². The minimum atomic E-state index is 0.0140. The van der Waals surface area contributed by atoms with E-state index in [-0.39, 0.29) is 11.8 Å². The third kappa shape index (κ3) is 1.54. The minimum Gasteiger partial charge on any atom is -0.336 e. The van der Waals surface area contributed by atoms with Crippen molar-refractivity contribution in [2.75, 3.05) is 6.54 Å². The first kappa shape index (κ1) is 9.89. The number of rotatable bonds is 2. The monoisotopic (exact) mass is 207 g/mol. The predicted octanol–water partition coefficient (Wildman–Crippen LogP) is 0.619. The maximum atomic E-state index is 11.3. The standard InChI is InChI=1S/C10H13N3O2/c1-7-4-12(6-14)5-10-11-3-9(8(2)15)13(7)10/h3,6-7H,4-5H2,1-2H3. The quantitative estimate of drug-likeness (QED) is 0.527. The highest BCUT2D eigenvalue weighted by Crippen LogP contribution is 2.21. The number of imidazole rings is 1. The van der Waals surface area contributed by atoms with Crippen molar-refractivity contribution < 1.29 is 9.59 Å². The third-order valence-corrected chi connectivity index (χ3v) is 2.67. The van der Waals surface area contributed by atoms with Gasteiger partial charge >= 0.3 is 0 Å². The second-order valence-electron chi connectivity index (χ2n) is 3.87. The lowest BCUT2D eigenvalue weighted by molar-refractivity contribution is -0.119. The molecule has 0 aliphatic carbocycles. The van der Waals surface area contributed by atoms with Crippen LogP contribution < -0.4 is 0 Å². The van der Waals surface area contributed by atoms with Crippen molar-refractivity contribution in [3.8, 4) is 0 Å². The Hall–Kier alpha value is -1.65. The predicted molar refractivity (Wildman–Crippen MR) is 53.4 cm³/mol. The number of carbonyl (C=O) groups excluding carboxylic acids is 2. The molecule has 2 rings (SSSR count). The molecule has 0 aromatic carbocycles. The average Bonchev–Trinajstić information content (AvgIpc) is 2.61. The molecule has 0 N–H and O–H groups in total. The van der Waals surface area contributed by atoms with Gasteiger partial charge in [-0.15, -0.1) is 0 Å². The molecule has 0 saturated heterocycles. The largest absolute Gasteiger partial charge is 0.336 e. The molecule has 0 spiro atoms. The Morgan fingerprint density at radius 2 is 2.40 bits per heavy atom. The van der Waals surface area contributed by atoms with Crippen LogP contribution in [0.15, 0.2) is 6.20 Å². The van der Waals surface area contributed by atoms with E-state index in [9.17, 15) is 9.59 Å². The lowest BCUT2D eigenvalue weighted by Crippen LogP contribution is -2.36. The van der Waals surface area contributed by atoms with Crippen LogP contribution in [0.5, 0.6) is 0 Å². The normalized spacial score (nSPS) is 19.9. The van der Waals surface area contributed by atoms with E-state index in [1.165, 1.54) is 6.92 Å². The summed E-state index contributed by atoms with van der Waals surface area (Å²) in [6.45, 7) is 4.63. The fourth-order valence-corrected chi connectivity index (χ4v) is 2.02. The molecule has 80 valence electrons. The Morgan fingerprint density at radius 3 is 3.00 bits per heavy atom. The van der Waals surface area contributed by atoms with E-state index >= 15 is 0 Å². The Morgan fingerprint density at radius 1 is 1.67 bits per heavy atom. The number of amides is 1. The van der Waals surface area contributed by atoms with Gasteiger partial charge in [-0.05, 0) is 6.92 Å². The summed E-state index contributed by atoms with van der Waals surface area (Å²) in [5.41, 5.74) is 0.628. The molecule has 1 aliphatic heterocycles.